The molecule has 0 bridgehead atoms. The Kier molecular flexibility index (Phi) is 7.25. The largest absolute Gasteiger partial charge is 0.493 e. The Balaban J connectivity index is 1.85. The van der Waals surface area contributed by atoms with Crippen LogP contribution in [0.15, 0.2) is 47.6 Å². The highest BCUT2D eigenvalue weighted by Crippen LogP contribution is 2.30. The third-order valence-electron chi connectivity index (χ3n) is 3.46. The van der Waals surface area contributed by atoms with Crippen molar-refractivity contribution < 1.29 is 32.3 Å². The number of nitrogens with one attached hydrogen (secondary N) is 1. The van der Waals surface area contributed by atoms with E-state index < -0.39 is 24.3 Å². The number of oxime groups is 1. The fraction of sp³-hybridized carbons (Fsp3) is 0.263. The molecule has 0 radical (unpaired) electrons. The fourth-order valence-electron chi connectivity index (χ4n) is 2.17. The molecule has 0 aliphatic rings. The van der Waals surface area contributed by atoms with Gasteiger partial charge in [0.05, 0.1) is 25.5 Å². The average Bonchev–Trinajstić information content (AvgIpc) is 2.66. The minimum Gasteiger partial charge on any atom is -0.493 e. The highest BCUT2D eigenvalue weighted by molar-refractivity contribution is 5.91. The Morgan fingerprint density at radius 2 is 1.86 bits per heavy atom. The Morgan fingerprint density at radius 3 is 2.46 bits per heavy atom. The second-order valence-corrected chi connectivity index (χ2v) is 5.47. The Hall–Kier alpha value is -3.23. The summed E-state index contributed by atoms with van der Waals surface area (Å²) in [7, 11) is 1.51. The number of ether oxygens (including phenoxy) is 2. The number of halogens is 3. The van der Waals surface area contributed by atoms with Gasteiger partial charge < -0.3 is 19.6 Å². The van der Waals surface area contributed by atoms with E-state index in [1.165, 1.54) is 13.3 Å². The van der Waals surface area contributed by atoms with Crippen LogP contribution in [0.2, 0.25) is 0 Å². The maximum atomic E-state index is 12.5. The first-order chi connectivity index (χ1) is 13.3. The van der Waals surface area contributed by atoms with Crippen molar-refractivity contribution in [3.05, 3.63) is 53.6 Å². The van der Waals surface area contributed by atoms with Crippen LogP contribution < -0.4 is 14.8 Å². The molecule has 0 unspecified atom stereocenters. The Bertz CT molecular complexity index is 821. The zero-order chi connectivity index (χ0) is 20.6. The van der Waals surface area contributed by atoms with E-state index in [-0.39, 0.29) is 5.69 Å². The molecule has 0 fully saturated rings. The van der Waals surface area contributed by atoms with Crippen LogP contribution in [0.3, 0.4) is 0 Å². The molecule has 6 nitrogen and oxygen atoms in total. The summed E-state index contributed by atoms with van der Waals surface area (Å²) in [5.74, 6) is 0.575. The summed E-state index contributed by atoms with van der Waals surface area (Å²) in [5.41, 5.74) is 0.0995. The van der Waals surface area contributed by atoms with Gasteiger partial charge in [-0.3, -0.25) is 4.79 Å². The number of alkyl halides is 3. The molecule has 0 saturated heterocycles. The van der Waals surface area contributed by atoms with Gasteiger partial charge in [-0.05, 0) is 49.4 Å². The van der Waals surface area contributed by atoms with Crippen molar-refractivity contribution in [2.75, 3.05) is 25.6 Å². The van der Waals surface area contributed by atoms with Gasteiger partial charge in [0.15, 0.2) is 18.1 Å². The molecule has 2 aromatic rings. The molecule has 0 spiro atoms. The lowest BCUT2D eigenvalue weighted by molar-refractivity contribution is -0.137. The summed E-state index contributed by atoms with van der Waals surface area (Å²) in [6.45, 7) is 1.96. The van der Waals surface area contributed by atoms with Crippen LogP contribution in [-0.2, 0) is 15.8 Å². The van der Waals surface area contributed by atoms with Gasteiger partial charge in [-0.2, -0.15) is 13.2 Å². The highest BCUT2D eigenvalue weighted by Gasteiger charge is 2.29. The number of carbonyl (C=O) groups is 1. The lowest BCUT2D eigenvalue weighted by Gasteiger charge is -2.09. The van der Waals surface area contributed by atoms with Gasteiger partial charge >= 0.3 is 6.18 Å². The van der Waals surface area contributed by atoms with Gasteiger partial charge in [0.1, 0.15) is 0 Å². The molecule has 1 amide bonds. The van der Waals surface area contributed by atoms with Crippen molar-refractivity contribution in [1.29, 1.82) is 0 Å². The summed E-state index contributed by atoms with van der Waals surface area (Å²) >= 11 is 0. The molecule has 150 valence electrons. The van der Waals surface area contributed by atoms with Crippen molar-refractivity contribution in [3.63, 3.8) is 0 Å². The van der Waals surface area contributed by atoms with E-state index in [1.54, 1.807) is 18.2 Å². The van der Waals surface area contributed by atoms with Gasteiger partial charge in [0.2, 0.25) is 0 Å². The SMILES string of the molecule is CCOc1ccc(/C=N/OCC(=O)Nc2ccc(C(F)(F)F)cc2)cc1OC. The first-order valence-corrected chi connectivity index (χ1v) is 8.26. The smallest absolute Gasteiger partial charge is 0.416 e. The highest BCUT2D eigenvalue weighted by atomic mass is 19.4. The summed E-state index contributed by atoms with van der Waals surface area (Å²) in [6.07, 6.45) is -3.03. The van der Waals surface area contributed by atoms with Crippen molar-refractivity contribution in [2.45, 2.75) is 13.1 Å². The molecule has 0 heterocycles. The number of methoxy groups -OCH3 is 1. The molecular formula is C19H19F3N2O4. The lowest BCUT2D eigenvalue weighted by atomic mass is 10.2. The zero-order valence-corrected chi connectivity index (χ0v) is 15.2. The number of rotatable bonds is 8. The number of anilines is 1. The topological polar surface area (TPSA) is 69.2 Å². The molecule has 0 aromatic heterocycles. The van der Waals surface area contributed by atoms with E-state index in [0.717, 1.165) is 24.3 Å². The van der Waals surface area contributed by atoms with E-state index in [4.69, 9.17) is 14.3 Å². The van der Waals surface area contributed by atoms with E-state index in [2.05, 4.69) is 10.5 Å². The first kappa shape index (κ1) is 21.1. The molecule has 0 atom stereocenters. The summed E-state index contributed by atoms with van der Waals surface area (Å²) in [6, 6.07) is 9.25. The summed E-state index contributed by atoms with van der Waals surface area (Å²) in [5, 5.41) is 6.11. The minimum atomic E-state index is -4.43. The molecule has 0 aliphatic carbocycles. The number of hydrogen-bond donors (Lipinski definition) is 1. The van der Waals surface area contributed by atoms with Gasteiger partial charge in [0, 0.05) is 11.3 Å². The molecule has 0 saturated carbocycles. The molecule has 1 N–H and O–H groups in total. The third-order valence-corrected chi connectivity index (χ3v) is 3.46. The molecule has 9 heteroatoms. The molecule has 28 heavy (non-hydrogen) atoms. The van der Waals surface area contributed by atoms with Crippen LogP contribution in [0.25, 0.3) is 0 Å². The van der Waals surface area contributed by atoms with Gasteiger partial charge in [-0.1, -0.05) is 5.16 Å². The van der Waals surface area contributed by atoms with Crippen LogP contribution in [0, 0.1) is 0 Å². The Morgan fingerprint density at radius 1 is 1.14 bits per heavy atom. The lowest BCUT2D eigenvalue weighted by Crippen LogP contribution is -2.17. The van der Waals surface area contributed by atoms with Gasteiger partial charge in [-0.15, -0.1) is 0 Å². The monoisotopic (exact) mass is 396 g/mol. The van der Waals surface area contributed by atoms with Crippen molar-refractivity contribution in [3.8, 4) is 11.5 Å². The second-order valence-electron chi connectivity index (χ2n) is 5.47. The van der Waals surface area contributed by atoms with E-state index in [0.29, 0.717) is 23.7 Å². The van der Waals surface area contributed by atoms with Crippen molar-refractivity contribution in [2.24, 2.45) is 5.16 Å². The summed E-state index contributed by atoms with van der Waals surface area (Å²) < 4.78 is 48.1. The average molecular weight is 396 g/mol. The number of nitrogens with zero attached hydrogens (tertiary/aromatic N) is 1. The van der Waals surface area contributed by atoms with Crippen LogP contribution in [0.5, 0.6) is 11.5 Å². The van der Waals surface area contributed by atoms with E-state index in [9.17, 15) is 18.0 Å². The van der Waals surface area contributed by atoms with Gasteiger partial charge in [0.25, 0.3) is 5.91 Å². The Labute approximate surface area is 159 Å². The fourth-order valence-corrected chi connectivity index (χ4v) is 2.17. The number of amides is 1. The predicted octanol–water partition coefficient (Wildman–Crippen LogP) is 4.10. The minimum absolute atomic E-state index is 0.224. The number of benzene rings is 2. The number of carbonyl (C=O) groups excluding carboxylic acids is 1. The second kappa shape index (κ2) is 9.63. The quantitative estimate of drug-likeness (QED) is 0.539. The van der Waals surface area contributed by atoms with E-state index >= 15 is 0 Å². The maximum Gasteiger partial charge on any atom is 0.416 e. The van der Waals surface area contributed by atoms with Crippen LogP contribution in [0.4, 0.5) is 18.9 Å². The van der Waals surface area contributed by atoms with Crippen molar-refractivity contribution in [1.82, 2.24) is 0 Å². The first-order valence-electron chi connectivity index (χ1n) is 8.26. The van der Waals surface area contributed by atoms with E-state index in [1.807, 2.05) is 6.92 Å². The standard InChI is InChI=1S/C19H19F3N2O4/c1-3-27-16-9-4-13(10-17(16)26-2)11-23-28-12-18(25)24-15-7-5-14(6-8-15)19(20,21)22/h4-11H,3,12H2,1-2H3,(H,24,25)/b23-11+. The van der Waals surface area contributed by atoms with Gasteiger partial charge in [-0.25, -0.2) is 0 Å². The van der Waals surface area contributed by atoms with Crippen molar-refractivity contribution >= 4 is 17.8 Å². The maximum absolute atomic E-state index is 12.5. The third kappa shape index (κ3) is 6.19. The molecule has 2 aromatic carbocycles. The number of hydrogen-bond acceptors (Lipinski definition) is 5. The van der Waals surface area contributed by atoms with Crippen LogP contribution in [-0.4, -0.2) is 32.4 Å². The normalized spacial score (nSPS) is 11.3. The van der Waals surface area contributed by atoms with Crippen LogP contribution >= 0.6 is 0 Å². The zero-order valence-electron chi connectivity index (χ0n) is 15.2. The predicted molar refractivity (Wildman–Crippen MR) is 97.8 cm³/mol. The molecule has 2 rings (SSSR count). The molecule has 0 aliphatic heterocycles. The summed E-state index contributed by atoms with van der Waals surface area (Å²) in [4.78, 5) is 16.7. The molecular weight excluding hydrogens is 377 g/mol. The van der Waals surface area contributed by atoms with Crippen LogP contribution in [0.1, 0.15) is 18.1 Å².